The van der Waals surface area contributed by atoms with E-state index in [1.54, 1.807) is 18.2 Å². The summed E-state index contributed by atoms with van der Waals surface area (Å²) in [5, 5.41) is 4.53. The van der Waals surface area contributed by atoms with Gasteiger partial charge in [-0.2, -0.15) is 13.2 Å². The van der Waals surface area contributed by atoms with Gasteiger partial charge in [-0.15, -0.1) is 0 Å². The molecular weight excluding hydrogens is 367 g/mol. The molecule has 3 rings (SSSR count). The SMILES string of the molecule is O=C(NCC(F)(F)F)C1CCCN1C(=O)NCc1ccc2c(c1)OCCO2. The van der Waals surface area contributed by atoms with Crippen molar-refractivity contribution in [2.45, 2.75) is 31.6 Å². The molecule has 7 nitrogen and oxygen atoms in total. The number of nitrogens with zero attached hydrogens (tertiary/aromatic N) is 1. The van der Waals surface area contributed by atoms with Crippen LogP contribution >= 0.6 is 0 Å². The number of hydrogen-bond acceptors (Lipinski definition) is 4. The van der Waals surface area contributed by atoms with Crippen molar-refractivity contribution in [3.05, 3.63) is 23.8 Å². The van der Waals surface area contributed by atoms with Crippen LogP contribution in [0.15, 0.2) is 18.2 Å². The van der Waals surface area contributed by atoms with E-state index in [-0.39, 0.29) is 6.54 Å². The second kappa shape index (κ2) is 7.93. The van der Waals surface area contributed by atoms with Gasteiger partial charge in [0.2, 0.25) is 5.91 Å². The molecule has 2 N–H and O–H groups in total. The number of urea groups is 1. The van der Waals surface area contributed by atoms with E-state index in [4.69, 9.17) is 9.47 Å². The van der Waals surface area contributed by atoms with Gasteiger partial charge in [0.05, 0.1) is 0 Å². The molecule has 0 bridgehead atoms. The summed E-state index contributed by atoms with van der Waals surface area (Å²) < 4.78 is 47.7. The molecule has 0 radical (unpaired) electrons. The molecule has 0 saturated carbocycles. The quantitative estimate of drug-likeness (QED) is 0.826. The van der Waals surface area contributed by atoms with Crippen molar-refractivity contribution in [2.24, 2.45) is 0 Å². The Labute approximate surface area is 153 Å². The molecule has 1 aromatic carbocycles. The molecule has 3 amide bonds. The van der Waals surface area contributed by atoms with Crippen molar-refractivity contribution >= 4 is 11.9 Å². The van der Waals surface area contributed by atoms with E-state index in [0.29, 0.717) is 44.1 Å². The van der Waals surface area contributed by atoms with Crippen molar-refractivity contribution in [2.75, 3.05) is 26.3 Å². The van der Waals surface area contributed by atoms with Crippen LogP contribution in [0.25, 0.3) is 0 Å². The Morgan fingerprint density at radius 3 is 2.63 bits per heavy atom. The highest BCUT2D eigenvalue weighted by Gasteiger charge is 2.36. The van der Waals surface area contributed by atoms with Crippen LogP contribution in [0.4, 0.5) is 18.0 Å². The van der Waals surface area contributed by atoms with Crippen molar-refractivity contribution in [3.63, 3.8) is 0 Å². The third-order valence-electron chi connectivity index (χ3n) is 4.33. The van der Waals surface area contributed by atoms with Gasteiger partial charge >= 0.3 is 12.2 Å². The number of likely N-dealkylation sites (tertiary alicyclic amines) is 1. The first-order valence-electron chi connectivity index (χ1n) is 8.61. The molecule has 1 fully saturated rings. The zero-order chi connectivity index (χ0) is 19.4. The maximum Gasteiger partial charge on any atom is 0.405 e. The Bertz CT molecular complexity index is 711. The monoisotopic (exact) mass is 387 g/mol. The highest BCUT2D eigenvalue weighted by atomic mass is 19.4. The van der Waals surface area contributed by atoms with Gasteiger partial charge in [0.15, 0.2) is 11.5 Å². The van der Waals surface area contributed by atoms with Crippen LogP contribution in [0.1, 0.15) is 18.4 Å². The second-order valence-electron chi connectivity index (χ2n) is 6.32. The Kier molecular flexibility index (Phi) is 5.62. The van der Waals surface area contributed by atoms with E-state index < -0.39 is 30.7 Å². The summed E-state index contributed by atoms with van der Waals surface area (Å²) >= 11 is 0. The molecule has 10 heteroatoms. The highest BCUT2D eigenvalue weighted by molar-refractivity contribution is 5.87. The highest BCUT2D eigenvalue weighted by Crippen LogP contribution is 2.30. The first kappa shape index (κ1) is 19.1. The zero-order valence-electron chi connectivity index (χ0n) is 14.5. The minimum absolute atomic E-state index is 0.197. The molecule has 2 aliphatic heterocycles. The lowest BCUT2D eigenvalue weighted by Crippen LogP contribution is -2.50. The summed E-state index contributed by atoms with van der Waals surface area (Å²) in [6, 6.07) is 3.90. The number of ether oxygens (including phenoxy) is 2. The summed E-state index contributed by atoms with van der Waals surface area (Å²) in [5.74, 6) is 0.440. The zero-order valence-corrected chi connectivity index (χ0v) is 14.5. The molecule has 1 unspecified atom stereocenters. The maximum atomic E-state index is 12.4. The van der Waals surface area contributed by atoms with Gasteiger partial charge in [0.1, 0.15) is 25.8 Å². The fourth-order valence-corrected chi connectivity index (χ4v) is 3.06. The molecular formula is C17H20F3N3O4. The third-order valence-corrected chi connectivity index (χ3v) is 4.33. The number of alkyl halides is 3. The molecule has 0 aromatic heterocycles. The summed E-state index contributed by atoms with van der Waals surface area (Å²) in [5.41, 5.74) is 0.782. The molecule has 1 aromatic rings. The Hall–Kier alpha value is -2.65. The number of amides is 3. The summed E-state index contributed by atoms with van der Waals surface area (Å²) in [4.78, 5) is 25.6. The largest absolute Gasteiger partial charge is 0.486 e. The van der Waals surface area contributed by atoms with Crippen molar-refractivity contribution in [1.29, 1.82) is 0 Å². The number of halogens is 3. The van der Waals surface area contributed by atoms with E-state index in [1.165, 1.54) is 4.90 Å². The van der Waals surface area contributed by atoms with Crippen LogP contribution in [-0.4, -0.2) is 55.4 Å². The van der Waals surface area contributed by atoms with Gasteiger partial charge < -0.3 is 25.0 Å². The minimum Gasteiger partial charge on any atom is -0.486 e. The first-order chi connectivity index (χ1) is 12.8. The Morgan fingerprint density at radius 2 is 1.89 bits per heavy atom. The lowest BCUT2D eigenvalue weighted by Gasteiger charge is -2.24. The van der Waals surface area contributed by atoms with E-state index in [2.05, 4.69) is 5.32 Å². The molecule has 2 heterocycles. The van der Waals surface area contributed by atoms with Crippen molar-refractivity contribution in [1.82, 2.24) is 15.5 Å². The lowest BCUT2D eigenvalue weighted by atomic mass is 10.2. The van der Waals surface area contributed by atoms with Gasteiger partial charge in [0.25, 0.3) is 0 Å². The molecule has 27 heavy (non-hydrogen) atoms. The van der Waals surface area contributed by atoms with Gasteiger partial charge in [0, 0.05) is 13.1 Å². The molecule has 0 aliphatic carbocycles. The van der Waals surface area contributed by atoms with E-state index >= 15 is 0 Å². The van der Waals surface area contributed by atoms with Crippen LogP contribution in [0.2, 0.25) is 0 Å². The Balaban J connectivity index is 1.54. The van der Waals surface area contributed by atoms with Gasteiger partial charge in [-0.05, 0) is 30.5 Å². The van der Waals surface area contributed by atoms with E-state index in [9.17, 15) is 22.8 Å². The van der Waals surface area contributed by atoms with Crippen molar-refractivity contribution in [3.8, 4) is 11.5 Å². The third kappa shape index (κ3) is 4.95. The maximum absolute atomic E-state index is 12.4. The predicted molar refractivity (Wildman–Crippen MR) is 88.5 cm³/mol. The van der Waals surface area contributed by atoms with Gasteiger partial charge in [-0.3, -0.25) is 4.79 Å². The topological polar surface area (TPSA) is 79.9 Å². The van der Waals surface area contributed by atoms with Crippen LogP contribution in [0.5, 0.6) is 11.5 Å². The second-order valence-corrected chi connectivity index (χ2v) is 6.32. The molecule has 148 valence electrons. The van der Waals surface area contributed by atoms with Crippen LogP contribution in [-0.2, 0) is 11.3 Å². The average molecular weight is 387 g/mol. The van der Waals surface area contributed by atoms with Crippen LogP contribution < -0.4 is 20.1 Å². The van der Waals surface area contributed by atoms with E-state index in [0.717, 1.165) is 5.56 Å². The van der Waals surface area contributed by atoms with Crippen molar-refractivity contribution < 1.29 is 32.2 Å². The number of carbonyl (C=O) groups excluding carboxylic acids is 2. The summed E-state index contributed by atoms with van der Waals surface area (Å²) in [6.07, 6.45) is -3.59. The fraction of sp³-hybridized carbons (Fsp3) is 0.529. The minimum atomic E-state index is -4.49. The number of carbonyl (C=O) groups is 2. The van der Waals surface area contributed by atoms with E-state index in [1.807, 2.05) is 5.32 Å². The molecule has 1 atom stereocenters. The van der Waals surface area contributed by atoms with Gasteiger partial charge in [-0.1, -0.05) is 6.07 Å². The van der Waals surface area contributed by atoms with Gasteiger partial charge in [-0.25, -0.2) is 4.79 Å². The molecule has 0 spiro atoms. The number of benzene rings is 1. The number of rotatable bonds is 4. The predicted octanol–water partition coefficient (Wildman–Crippen LogP) is 1.81. The summed E-state index contributed by atoms with van der Waals surface area (Å²) in [7, 11) is 0. The number of hydrogen-bond donors (Lipinski definition) is 2. The first-order valence-corrected chi connectivity index (χ1v) is 8.61. The normalized spacial score (nSPS) is 18.9. The molecule has 1 saturated heterocycles. The summed E-state index contributed by atoms with van der Waals surface area (Å²) in [6.45, 7) is 0.0378. The average Bonchev–Trinajstić information content (AvgIpc) is 3.13. The standard InChI is InChI=1S/C17H20F3N3O4/c18-17(19,20)10-22-15(24)12-2-1-5-23(12)16(25)21-9-11-3-4-13-14(8-11)27-7-6-26-13/h3-4,8,12H,1-2,5-7,9-10H2,(H,21,25)(H,22,24). The molecule has 2 aliphatic rings. The fourth-order valence-electron chi connectivity index (χ4n) is 3.06. The number of nitrogens with one attached hydrogen (secondary N) is 2. The smallest absolute Gasteiger partial charge is 0.405 e. The van der Waals surface area contributed by atoms with Crippen LogP contribution in [0, 0.1) is 0 Å². The number of fused-ring (bicyclic) bond motifs is 1. The van der Waals surface area contributed by atoms with Crippen LogP contribution in [0.3, 0.4) is 0 Å². The lowest BCUT2D eigenvalue weighted by molar-refractivity contribution is -0.140. The Morgan fingerprint density at radius 1 is 1.15 bits per heavy atom.